The Morgan fingerprint density at radius 2 is 2.11 bits per heavy atom. The average Bonchev–Trinajstić information content (AvgIpc) is 2.74. The molecule has 0 bridgehead atoms. The van der Waals surface area contributed by atoms with Crippen molar-refractivity contribution in [2.24, 2.45) is 0 Å². The van der Waals surface area contributed by atoms with Crippen LogP contribution in [0.4, 0.5) is 0 Å². The van der Waals surface area contributed by atoms with Gasteiger partial charge >= 0.3 is 5.97 Å². The molecule has 2 aromatic rings. The summed E-state index contributed by atoms with van der Waals surface area (Å²) in [6.07, 6.45) is 1.57. The van der Waals surface area contributed by atoms with Crippen LogP contribution in [-0.2, 0) is 6.42 Å². The lowest BCUT2D eigenvalue weighted by Gasteiger charge is -2.09. The molecule has 0 saturated carbocycles. The van der Waals surface area contributed by atoms with Crippen molar-refractivity contribution in [2.45, 2.75) is 26.7 Å². The average molecular weight is 260 g/mol. The van der Waals surface area contributed by atoms with Crippen LogP contribution in [-0.4, -0.2) is 26.0 Å². The molecule has 0 unspecified atom stereocenters. The molecule has 0 fully saturated rings. The van der Waals surface area contributed by atoms with Gasteiger partial charge in [0.15, 0.2) is 5.69 Å². The molecular weight excluding hydrogens is 244 g/mol. The second-order valence-electron chi connectivity index (χ2n) is 4.48. The van der Waals surface area contributed by atoms with Crippen molar-refractivity contribution >= 4 is 5.97 Å². The molecule has 0 aliphatic rings. The fourth-order valence-electron chi connectivity index (χ4n) is 1.98. The zero-order valence-corrected chi connectivity index (χ0v) is 10.9. The third-order valence-electron chi connectivity index (χ3n) is 2.87. The minimum atomic E-state index is -1.07. The highest BCUT2D eigenvalue weighted by Gasteiger charge is 2.15. The van der Waals surface area contributed by atoms with Gasteiger partial charge in [-0.3, -0.25) is 0 Å². The molecule has 0 spiro atoms. The van der Waals surface area contributed by atoms with E-state index < -0.39 is 5.97 Å². The number of carboxylic acid groups (broad SMARTS) is 1. The summed E-state index contributed by atoms with van der Waals surface area (Å²) in [6, 6.07) is 6.77. The number of hydrogen-bond acceptors (Lipinski definition) is 3. The van der Waals surface area contributed by atoms with Crippen LogP contribution < -0.4 is 0 Å². The largest absolute Gasteiger partial charge is 0.506 e. The SMILES string of the molecule is CCCc1cc(C(=O)O)nn1-c1ccc(C)cc1O. The molecule has 5 nitrogen and oxygen atoms in total. The summed E-state index contributed by atoms with van der Waals surface area (Å²) in [5.74, 6) is -0.972. The summed E-state index contributed by atoms with van der Waals surface area (Å²) < 4.78 is 1.50. The lowest BCUT2D eigenvalue weighted by Crippen LogP contribution is -2.04. The minimum Gasteiger partial charge on any atom is -0.506 e. The van der Waals surface area contributed by atoms with Crippen molar-refractivity contribution in [3.8, 4) is 11.4 Å². The van der Waals surface area contributed by atoms with Crippen LogP contribution in [0.3, 0.4) is 0 Å². The highest BCUT2D eigenvalue weighted by Crippen LogP contribution is 2.24. The molecule has 0 atom stereocenters. The number of carboxylic acids is 1. The lowest BCUT2D eigenvalue weighted by molar-refractivity contribution is 0.0690. The Morgan fingerprint density at radius 1 is 1.37 bits per heavy atom. The monoisotopic (exact) mass is 260 g/mol. The Kier molecular flexibility index (Phi) is 3.55. The molecule has 0 aliphatic heterocycles. The van der Waals surface area contributed by atoms with Crippen LogP contribution in [0.15, 0.2) is 24.3 Å². The summed E-state index contributed by atoms with van der Waals surface area (Å²) in [5.41, 5.74) is 2.20. The minimum absolute atomic E-state index is 0.0107. The highest BCUT2D eigenvalue weighted by molar-refractivity contribution is 5.85. The van der Waals surface area contributed by atoms with Gasteiger partial charge in [0, 0.05) is 5.69 Å². The van der Waals surface area contributed by atoms with Crippen molar-refractivity contribution < 1.29 is 15.0 Å². The maximum Gasteiger partial charge on any atom is 0.356 e. The van der Waals surface area contributed by atoms with Gasteiger partial charge in [-0.05, 0) is 37.1 Å². The van der Waals surface area contributed by atoms with Gasteiger partial charge in [0.05, 0.1) is 0 Å². The number of rotatable bonds is 4. The van der Waals surface area contributed by atoms with Crippen LogP contribution in [0.5, 0.6) is 5.75 Å². The maximum atomic E-state index is 11.0. The molecule has 0 saturated heterocycles. The number of carbonyl (C=O) groups is 1. The van der Waals surface area contributed by atoms with E-state index in [1.165, 1.54) is 4.68 Å². The second kappa shape index (κ2) is 5.14. The highest BCUT2D eigenvalue weighted by atomic mass is 16.4. The Bertz CT molecular complexity index is 617. The first-order chi connectivity index (χ1) is 9.02. The van der Waals surface area contributed by atoms with Crippen LogP contribution in [0.25, 0.3) is 5.69 Å². The number of aromatic hydroxyl groups is 1. The first-order valence-electron chi connectivity index (χ1n) is 6.15. The smallest absolute Gasteiger partial charge is 0.356 e. The lowest BCUT2D eigenvalue weighted by atomic mass is 10.2. The Hall–Kier alpha value is -2.30. The number of aryl methyl sites for hydroxylation is 2. The topological polar surface area (TPSA) is 75.3 Å². The van der Waals surface area contributed by atoms with Crippen molar-refractivity contribution in [1.82, 2.24) is 9.78 Å². The number of phenols is 1. The first kappa shape index (κ1) is 13.1. The van der Waals surface area contributed by atoms with E-state index in [4.69, 9.17) is 5.11 Å². The second-order valence-corrected chi connectivity index (χ2v) is 4.48. The quantitative estimate of drug-likeness (QED) is 0.885. The summed E-state index contributed by atoms with van der Waals surface area (Å²) in [6.45, 7) is 3.88. The van der Waals surface area contributed by atoms with Crippen molar-refractivity contribution in [1.29, 1.82) is 0 Å². The Balaban J connectivity index is 2.56. The number of nitrogens with zero attached hydrogens (tertiary/aromatic N) is 2. The number of benzene rings is 1. The molecule has 2 rings (SSSR count). The third kappa shape index (κ3) is 2.59. The van der Waals surface area contributed by atoms with Crippen molar-refractivity contribution in [3.05, 3.63) is 41.2 Å². The van der Waals surface area contributed by atoms with Gasteiger partial charge < -0.3 is 10.2 Å². The van der Waals surface area contributed by atoms with E-state index in [1.54, 1.807) is 18.2 Å². The molecule has 1 aromatic heterocycles. The van der Waals surface area contributed by atoms with E-state index >= 15 is 0 Å². The Labute approximate surface area is 111 Å². The van der Waals surface area contributed by atoms with Crippen molar-refractivity contribution in [2.75, 3.05) is 0 Å². The molecule has 19 heavy (non-hydrogen) atoms. The molecule has 100 valence electrons. The summed E-state index contributed by atoms with van der Waals surface area (Å²) in [5, 5.41) is 23.0. The molecule has 1 aromatic carbocycles. The normalized spacial score (nSPS) is 10.6. The van der Waals surface area contributed by atoms with Crippen LogP contribution in [0.2, 0.25) is 0 Å². The van der Waals surface area contributed by atoms with Crippen LogP contribution in [0.1, 0.15) is 35.1 Å². The van der Waals surface area contributed by atoms with Crippen LogP contribution >= 0.6 is 0 Å². The number of hydrogen-bond donors (Lipinski definition) is 2. The van der Waals surface area contributed by atoms with Gasteiger partial charge in [0.1, 0.15) is 11.4 Å². The van der Waals surface area contributed by atoms with E-state index in [0.29, 0.717) is 12.1 Å². The fraction of sp³-hybridized carbons (Fsp3) is 0.286. The maximum absolute atomic E-state index is 11.0. The Morgan fingerprint density at radius 3 is 2.68 bits per heavy atom. The summed E-state index contributed by atoms with van der Waals surface area (Å²) in [7, 11) is 0. The molecular formula is C14H16N2O3. The van der Waals surface area contributed by atoms with Crippen LogP contribution in [0, 0.1) is 6.92 Å². The third-order valence-corrected chi connectivity index (χ3v) is 2.87. The molecule has 0 radical (unpaired) electrons. The van der Waals surface area contributed by atoms with Crippen molar-refractivity contribution in [3.63, 3.8) is 0 Å². The zero-order valence-electron chi connectivity index (χ0n) is 10.9. The van der Waals surface area contributed by atoms with E-state index in [2.05, 4.69) is 5.10 Å². The number of phenolic OH excluding ortho intramolecular Hbond substituents is 1. The fourth-order valence-corrected chi connectivity index (χ4v) is 1.98. The number of aromatic carboxylic acids is 1. The summed E-state index contributed by atoms with van der Waals surface area (Å²) in [4.78, 5) is 11.0. The first-order valence-corrected chi connectivity index (χ1v) is 6.15. The predicted octanol–water partition coefficient (Wildman–Crippen LogP) is 2.54. The number of aromatic nitrogens is 2. The van der Waals surface area contributed by atoms with E-state index in [9.17, 15) is 9.90 Å². The molecule has 1 heterocycles. The summed E-state index contributed by atoms with van der Waals surface area (Å²) >= 11 is 0. The van der Waals surface area contributed by atoms with Gasteiger partial charge in [0.25, 0.3) is 0 Å². The predicted molar refractivity (Wildman–Crippen MR) is 70.9 cm³/mol. The van der Waals surface area contributed by atoms with E-state index in [1.807, 2.05) is 19.9 Å². The molecule has 2 N–H and O–H groups in total. The van der Waals surface area contributed by atoms with Gasteiger partial charge in [0.2, 0.25) is 0 Å². The zero-order chi connectivity index (χ0) is 14.0. The van der Waals surface area contributed by atoms with E-state index in [0.717, 1.165) is 17.7 Å². The molecule has 5 heteroatoms. The van der Waals surface area contributed by atoms with Gasteiger partial charge in [-0.25, -0.2) is 9.48 Å². The van der Waals surface area contributed by atoms with Gasteiger partial charge in [-0.2, -0.15) is 5.10 Å². The van der Waals surface area contributed by atoms with E-state index in [-0.39, 0.29) is 11.4 Å². The van der Waals surface area contributed by atoms with Gasteiger partial charge in [-0.1, -0.05) is 19.4 Å². The van der Waals surface area contributed by atoms with Gasteiger partial charge in [-0.15, -0.1) is 0 Å². The standard InChI is InChI=1S/C14H16N2O3/c1-3-4-10-8-11(14(18)19)15-16(10)12-6-5-9(2)7-13(12)17/h5-8,17H,3-4H2,1-2H3,(H,18,19). The molecule has 0 amide bonds. The molecule has 0 aliphatic carbocycles.